The number of ether oxygens (including phenoxy) is 1. The fourth-order valence-electron chi connectivity index (χ4n) is 2.70. The van der Waals surface area contributed by atoms with Crippen LogP contribution in [0.1, 0.15) is 18.7 Å². The van der Waals surface area contributed by atoms with Gasteiger partial charge in [0.05, 0.1) is 12.5 Å². The Hall–Kier alpha value is -2.59. The van der Waals surface area contributed by atoms with E-state index in [0.29, 0.717) is 11.1 Å². The maximum atomic E-state index is 13.1. The summed E-state index contributed by atoms with van der Waals surface area (Å²) in [5, 5.41) is 1.40. The lowest BCUT2D eigenvalue weighted by Gasteiger charge is -2.18. The molecule has 0 amide bonds. The molecule has 0 bridgehead atoms. The van der Waals surface area contributed by atoms with E-state index in [1.807, 2.05) is 55.5 Å². The van der Waals surface area contributed by atoms with Crippen LogP contribution in [0.25, 0.3) is 16.5 Å². The summed E-state index contributed by atoms with van der Waals surface area (Å²) < 4.78 is 7.02. The van der Waals surface area contributed by atoms with Gasteiger partial charge in [-0.25, -0.2) is 0 Å². The van der Waals surface area contributed by atoms with Gasteiger partial charge in [0, 0.05) is 17.4 Å². The van der Waals surface area contributed by atoms with Crippen LogP contribution >= 0.6 is 0 Å². The van der Waals surface area contributed by atoms with Crippen molar-refractivity contribution in [1.82, 2.24) is 4.57 Å². The predicted molar refractivity (Wildman–Crippen MR) is 88.7 cm³/mol. The van der Waals surface area contributed by atoms with Crippen LogP contribution in [0.5, 0.6) is 5.75 Å². The number of aromatic nitrogens is 1. The molecule has 0 saturated carbocycles. The molecule has 4 heteroatoms. The number of nitrogens with two attached hydrogens (primary N) is 1. The largest absolute Gasteiger partial charge is 0.496 e. The van der Waals surface area contributed by atoms with Crippen molar-refractivity contribution in [3.8, 4) is 11.4 Å². The van der Waals surface area contributed by atoms with Crippen LogP contribution < -0.4 is 16.0 Å². The number of para-hydroxylation sites is 1. The lowest BCUT2D eigenvalue weighted by atomic mass is 10.1. The molecule has 2 aromatic carbocycles. The van der Waals surface area contributed by atoms with E-state index >= 15 is 0 Å². The Balaban J connectivity index is 2.46. The molecule has 2 N–H and O–H groups in total. The zero-order valence-electron chi connectivity index (χ0n) is 12.6. The van der Waals surface area contributed by atoms with Gasteiger partial charge in [-0.3, -0.25) is 9.36 Å². The number of fused-ring (bicyclic) bond motifs is 1. The standard InChI is InChI=1S/C18H18N2O2/c1-12(19)15-11-13-7-6-10-16(22-2)17(13)18(21)20(15)14-8-4-3-5-9-14/h3-12H,19H2,1-2H3/t12-/m0/s1. The minimum absolute atomic E-state index is 0.117. The molecule has 1 heterocycles. The predicted octanol–water partition coefficient (Wildman–Crippen LogP) is 3.02. The lowest BCUT2D eigenvalue weighted by molar-refractivity contribution is 0.419. The summed E-state index contributed by atoms with van der Waals surface area (Å²) in [5.74, 6) is 0.573. The zero-order valence-corrected chi connectivity index (χ0v) is 12.6. The molecule has 0 radical (unpaired) electrons. The quantitative estimate of drug-likeness (QED) is 0.808. The third-order valence-corrected chi connectivity index (χ3v) is 3.74. The zero-order chi connectivity index (χ0) is 15.7. The Labute approximate surface area is 128 Å². The van der Waals surface area contributed by atoms with E-state index in [1.165, 1.54) is 0 Å². The topological polar surface area (TPSA) is 57.2 Å². The molecule has 22 heavy (non-hydrogen) atoms. The van der Waals surface area contributed by atoms with Gasteiger partial charge in [-0.1, -0.05) is 30.3 Å². The first-order valence-corrected chi connectivity index (χ1v) is 7.17. The molecule has 0 spiro atoms. The SMILES string of the molecule is COc1cccc2cc([C@H](C)N)n(-c3ccccc3)c(=O)c12. The van der Waals surface area contributed by atoms with Gasteiger partial charge in [-0.15, -0.1) is 0 Å². The van der Waals surface area contributed by atoms with E-state index in [-0.39, 0.29) is 11.6 Å². The summed E-state index contributed by atoms with van der Waals surface area (Å²) in [5.41, 5.74) is 7.55. The third-order valence-electron chi connectivity index (χ3n) is 3.74. The number of hydrogen-bond donors (Lipinski definition) is 1. The van der Waals surface area contributed by atoms with E-state index < -0.39 is 0 Å². The fourth-order valence-corrected chi connectivity index (χ4v) is 2.70. The van der Waals surface area contributed by atoms with Crippen LogP contribution in [0.4, 0.5) is 0 Å². The first-order chi connectivity index (χ1) is 10.6. The van der Waals surface area contributed by atoms with E-state index in [9.17, 15) is 4.79 Å². The minimum Gasteiger partial charge on any atom is -0.496 e. The second-order valence-corrected chi connectivity index (χ2v) is 5.26. The summed E-state index contributed by atoms with van der Waals surface area (Å²) >= 11 is 0. The van der Waals surface area contributed by atoms with Crippen LogP contribution in [0.2, 0.25) is 0 Å². The van der Waals surface area contributed by atoms with Crippen molar-refractivity contribution < 1.29 is 4.74 Å². The van der Waals surface area contributed by atoms with Crippen molar-refractivity contribution in [2.75, 3.05) is 7.11 Å². The van der Waals surface area contributed by atoms with Gasteiger partial charge in [0.15, 0.2) is 0 Å². The average Bonchev–Trinajstić information content (AvgIpc) is 2.54. The minimum atomic E-state index is -0.261. The molecule has 0 aliphatic rings. The summed E-state index contributed by atoms with van der Waals surface area (Å²) in [6.07, 6.45) is 0. The van der Waals surface area contributed by atoms with Crippen LogP contribution in [0, 0.1) is 0 Å². The summed E-state index contributed by atoms with van der Waals surface area (Å²) in [6, 6.07) is 16.8. The molecule has 3 rings (SSSR count). The molecule has 3 aromatic rings. The second kappa shape index (κ2) is 5.66. The Bertz CT molecular complexity index is 867. The van der Waals surface area contributed by atoms with Crippen molar-refractivity contribution in [2.24, 2.45) is 5.73 Å². The van der Waals surface area contributed by atoms with Crippen LogP contribution in [0.15, 0.2) is 59.4 Å². The van der Waals surface area contributed by atoms with E-state index in [2.05, 4.69) is 0 Å². The maximum absolute atomic E-state index is 13.1. The van der Waals surface area contributed by atoms with Gasteiger partial charge >= 0.3 is 0 Å². The first kappa shape index (κ1) is 14.4. The van der Waals surface area contributed by atoms with Crippen molar-refractivity contribution in [3.63, 3.8) is 0 Å². The molecule has 4 nitrogen and oxygen atoms in total. The first-order valence-electron chi connectivity index (χ1n) is 7.17. The normalized spacial score (nSPS) is 12.3. The van der Waals surface area contributed by atoms with Crippen molar-refractivity contribution in [1.29, 1.82) is 0 Å². The highest BCUT2D eigenvalue weighted by Crippen LogP contribution is 2.25. The summed E-state index contributed by atoms with van der Waals surface area (Å²) in [4.78, 5) is 13.1. The Kier molecular flexibility index (Phi) is 3.69. The van der Waals surface area contributed by atoms with Gasteiger partial charge in [0.1, 0.15) is 5.75 Å². The Morgan fingerprint density at radius 3 is 2.45 bits per heavy atom. The highest BCUT2D eigenvalue weighted by atomic mass is 16.5. The summed E-state index contributed by atoms with van der Waals surface area (Å²) in [6.45, 7) is 1.88. The smallest absolute Gasteiger partial charge is 0.267 e. The maximum Gasteiger partial charge on any atom is 0.267 e. The molecule has 0 aliphatic carbocycles. The number of hydrogen-bond acceptors (Lipinski definition) is 3. The van der Waals surface area contributed by atoms with E-state index in [1.54, 1.807) is 17.7 Å². The third kappa shape index (κ3) is 2.27. The van der Waals surface area contributed by atoms with Gasteiger partial charge in [-0.2, -0.15) is 0 Å². The Morgan fingerprint density at radius 1 is 1.09 bits per heavy atom. The number of pyridine rings is 1. The molecule has 0 unspecified atom stereocenters. The highest BCUT2D eigenvalue weighted by Gasteiger charge is 2.16. The number of benzene rings is 2. The van der Waals surface area contributed by atoms with Crippen LogP contribution in [0.3, 0.4) is 0 Å². The lowest BCUT2D eigenvalue weighted by Crippen LogP contribution is -2.25. The second-order valence-electron chi connectivity index (χ2n) is 5.26. The van der Waals surface area contributed by atoms with Gasteiger partial charge in [0.25, 0.3) is 5.56 Å². The van der Waals surface area contributed by atoms with E-state index in [0.717, 1.165) is 16.8 Å². The van der Waals surface area contributed by atoms with Gasteiger partial charge in [-0.05, 0) is 36.6 Å². The molecule has 112 valence electrons. The van der Waals surface area contributed by atoms with Gasteiger partial charge < -0.3 is 10.5 Å². The Morgan fingerprint density at radius 2 is 1.82 bits per heavy atom. The number of rotatable bonds is 3. The fraction of sp³-hybridized carbons (Fsp3) is 0.167. The molecule has 0 aliphatic heterocycles. The molecule has 1 atom stereocenters. The van der Waals surface area contributed by atoms with Crippen molar-refractivity contribution in [3.05, 3.63) is 70.6 Å². The van der Waals surface area contributed by atoms with Crippen molar-refractivity contribution >= 4 is 10.8 Å². The van der Waals surface area contributed by atoms with Crippen LogP contribution in [-0.2, 0) is 0 Å². The molecule has 1 aromatic heterocycles. The molecule has 0 fully saturated rings. The number of nitrogens with zero attached hydrogens (tertiary/aromatic N) is 1. The van der Waals surface area contributed by atoms with Crippen LogP contribution in [-0.4, -0.2) is 11.7 Å². The summed E-state index contributed by atoms with van der Waals surface area (Å²) in [7, 11) is 1.57. The average molecular weight is 294 g/mol. The molecular weight excluding hydrogens is 276 g/mol. The van der Waals surface area contributed by atoms with E-state index in [4.69, 9.17) is 10.5 Å². The molecule has 0 saturated heterocycles. The highest BCUT2D eigenvalue weighted by molar-refractivity contribution is 5.88. The monoisotopic (exact) mass is 294 g/mol. The van der Waals surface area contributed by atoms with Gasteiger partial charge in [0.2, 0.25) is 0 Å². The number of methoxy groups -OCH3 is 1. The van der Waals surface area contributed by atoms with Crippen molar-refractivity contribution in [2.45, 2.75) is 13.0 Å². The molecular formula is C18H18N2O2.